The predicted molar refractivity (Wildman–Crippen MR) is 43.6 cm³/mol. The molecule has 0 aliphatic heterocycles. The molecule has 0 rings (SSSR count). The Morgan fingerprint density at radius 2 is 1.65 bits per heavy atom. The van der Waals surface area contributed by atoms with E-state index in [-0.39, 0.29) is 0 Å². The highest BCUT2D eigenvalue weighted by Gasteiger charge is 2.64. The van der Waals surface area contributed by atoms with Gasteiger partial charge in [-0.05, 0) is 6.08 Å². The van der Waals surface area contributed by atoms with Gasteiger partial charge in [-0.2, -0.15) is 30.4 Å². The van der Waals surface area contributed by atoms with E-state index >= 15 is 0 Å². The van der Waals surface area contributed by atoms with Gasteiger partial charge in [0.15, 0.2) is 6.29 Å². The smallest absolute Gasteiger partial charge is 0.365 e. The molecule has 0 radical (unpaired) electrons. The number of rotatable bonds is 5. The van der Waals surface area contributed by atoms with Crippen LogP contribution in [0.5, 0.6) is 0 Å². The third-order valence-electron chi connectivity index (χ3n) is 1.42. The second-order valence-corrected chi connectivity index (χ2v) is 4.22. The lowest BCUT2D eigenvalue weighted by molar-refractivity contribution is -0.292. The van der Waals surface area contributed by atoms with Crippen molar-refractivity contribution in [3.8, 4) is 0 Å². The highest BCUT2D eigenvalue weighted by Crippen LogP contribution is 2.38. The van der Waals surface area contributed by atoms with E-state index in [0.29, 0.717) is 6.08 Å². The molecule has 2 unspecified atom stereocenters. The molecular formula is C6H7F5O5S. The van der Waals surface area contributed by atoms with Crippen LogP contribution < -0.4 is 0 Å². The van der Waals surface area contributed by atoms with Gasteiger partial charge in [-0.15, -0.1) is 0 Å². The van der Waals surface area contributed by atoms with Gasteiger partial charge in [0.05, 0.1) is 0 Å². The van der Waals surface area contributed by atoms with Crippen molar-refractivity contribution in [3.63, 3.8) is 0 Å². The number of aliphatic hydroxyl groups excluding tert-OH is 1. The molecule has 0 saturated heterocycles. The fourth-order valence-corrected chi connectivity index (χ4v) is 1.14. The van der Waals surface area contributed by atoms with Crippen molar-refractivity contribution in [3.05, 3.63) is 12.7 Å². The zero-order valence-electron chi connectivity index (χ0n) is 7.86. The Labute approximate surface area is 92.2 Å². The van der Waals surface area contributed by atoms with Gasteiger partial charge in [-0.3, -0.25) is 4.55 Å². The second kappa shape index (κ2) is 4.84. The Kier molecular flexibility index (Phi) is 4.62. The van der Waals surface area contributed by atoms with Crippen LogP contribution in [-0.4, -0.2) is 41.9 Å². The van der Waals surface area contributed by atoms with Crippen molar-refractivity contribution in [2.45, 2.75) is 23.8 Å². The number of ether oxygens (including phenoxy) is 1. The molecule has 0 amide bonds. The number of hydrogen-bond acceptors (Lipinski definition) is 4. The zero-order chi connectivity index (χ0) is 14.1. The molecule has 2 atom stereocenters. The highest BCUT2D eigenvalue weighted by molar-refractivity contribution is 7.86. The molecule has 0 fully saturated rings. The van der Waals surface area contributed by atoms with Crippen LogP contribution in [0.25, 0.3) is 0 Å². The van der Waals surface area contributed by atoms with Gasteiger partial charge >= 0.3 is 21.5 Å². The van der Waals surface area contributed by atoms with E-state index in [1.54, 1.807) is 0 Å². The molecule has 0 bridgehead atoms. The second-order valence-electron chi connectivity index (χ2n) is 2.72. The monoisotopic (exact) mass is 286 g/mol. The lowest BCUT2D eigenvalue weighted by Crippen LogP contribution is -2.52. The van der Waals surface area contributed by atoms with Crippen LogP contribution in [0.1, 0.15) is 0 Å². The number of halogens is 5. The minimum absolute atomic E-state index is 0.318. The SMILES string of the molecule is C=CC(O)OC(C(F)(F)F)C(F)(F)S(=O)(=O)O. The molecule has 5 nitrogen and oxygen atoms in total. The molecule has 2 N–H and O–H groups in total. The highest BCUT2D eigenvalue weighted by atomic mass is 32.2. The largest absolute Gasteiger partial charge is 0.421 e. The zero-order valence-corrected chi connectivity index (χ0v) is 8.67. The number of hydrogen-bond donors (Lipinski definition) is 2. The van der Waals surface area contributed by atoms with E-state index in [4.69, 9.17) is 9.66 Å². The maximum absolute atomic E-state index is 12.8. The van der Waals surface area contributed by atoms with Crippen LogP contribution >= 0.6 is 0 Å². The summed E-state index contributed by atoms with van der Waals surface area (Å²) in [5.74, 6) is 0. The van der Waals surface area contributed by atoms with Crippen LogP contribution in [0.15, 0.2) is 12.7 Å². The Balaban J connectivity index is 5.42. The van der Waals surface area contributed by atoms with Gasteiger partial charge in [0.2, 0.25) is 6.10 Å². The fraction of sp³-hybridized carbons (Fsp3) is 0.667. The summed E-state index contributed by atoms with van der Waals surface area (Å²) < 4.78 is 93.5. The summed E-state index contributed by atoms with van der Waals surface area (Å²) in [5, 5.41) is 2.91. The summed E-state index contributed by atoms with van der Waals surface area (Å²) in [6, 6.07) is 0. The molecule has 0 spiro atoms. The Morgan fingerprint density at radius 3 is 1.88 bits per heavy atom. The first-order valence-corrected chi connectivity index (χ1v) is 5.15. The van der Waals surface area contributed by atoms with Gasteiger partial charge < -0.3 is 9.84 Å². The third kappa shape index (κ3) is 3.87. The first kappa shape index (κ1) is 16.2. The van der Waals surface area contributed by atoms with E-state index in [1.165, 1.54) is 0 Å². The van der Waals surface area contributed by atoms with Gasteiger partial charge in [0.25, 0.3) is 0 Å². The first-order chi connectivity index (χ1) is 7.34. The molecule has 0 aliphatic carbocycles. The van der Waals surface area contributed by atoms with E-state index in [1.807, 2.05) is 0 Å². The molecular weight excluding hydrogens is 279 g/mol. The minimum Gasteiger partial charge on any atom is -0.365 e. The summed E-state index contributed by atoms with van der Waals surface area (Å²) in [6.07, 6.45) is -12.2. The Bertz CT molecular complexity index is 375. The lowest BCUT2D eigenvalue weighted by Gasteiger charge is -2.27. The minimum atomic E-state index is -6.36. The van der Waals surface area contributed by atoms with Crippen LogP contribution in [0.3, 0.4) is 0 Å². The van der Waals surface area contributed by atoms with Crippen molar-refractivity contribution >= 4 is 10.1 Å². The average molecular weight is 286 g/mol. The normalized spacial score (nSPS) is 17.6. The Morgan fingerprint density at radius 1 is 1.24 bits per heavy atom. The van der Waals surface area contributed by atoms with Crippen LogP contribution in [0.4, 0.5) is 22.0 Å². The van der Waals surface area contributed by atoms with Crippen molar-refractivity contribution < 1.29 is 44.8 Å². The molecule has 0 heterocycles. The lowest BCUT2D eigenvalue weighted by atomic mass is 10.3. The number of aliphatic hydroxyl groups is 1. The van der Waals surface area contributed by atoms with Crippen LogP contribution in [-0.2, 0) is 14.9 Å². The van der Waals surface area contributed by atoms with Crippen LogP contribution in [0, 0.1) is 0 Å². The summed E-state index contributed by atoms with van der Waals surface area (Å²) >= 11 is 0. The van der Waals surface area contributed by atoms with Gasteiger partial charge in [0, 0.05) is 0 Å². The van der Waals surface area contributed by atoms with Crippen molar-refractivity contribution in [2.75, 3.05) is 0 Å². The van der Waals surface area contributed by atoms with Gasteiger partial charge in [-0.25, -0.2) is 0 Å². The summed E-state index contributed by atoms with van der Waals surface area (Å²) in [4.78, 5) is 0. The topological polar surface area (TPSA) is 83.8 Å². The molecule has 0 aromatic carbocycles. The molecule has 102 valence electrons. The molecule has 17 heavy (non-hydrogen) atoms. The van der Waals surface area contributed by atoms with Crippen molar-refractivity contribution in [2.24, 2.45) is 0 Å². The summed E-state index contributed by atoms with van der Waals surface area (Å²) in [5.41, 5.74) is 0. The standard InChI is InChI=1S/C6H7F5O5S/c1-2-3(12)16-4(5(7,8)9)6(10,11)17(13,14)15/h2-4,12H,1H2,(H,13,14,15). The average Bonchev–Trinajstić information content (AvgIpc) is 2.09. The molecule has 11 heteroatoms. The van der Waals surface area contributed by atoms with E-state index in [0.717, 1.165) is 0 Å². The first-order valence-electron chi connectivity index (χ1n) is 3.71. The Hall–Kier alpha value is -0.780. The molecule has 0 saturated carbocycles. The number of alkyl halides is 5. The van der Waals surface area contributed by atoms with E-state index < -0.39 is 33.9 Å². The molecule has 0 aliphatic rings. The maximum atomic E-state index is 12.8. The van der Waals surface area contributed by atoms with Crippen molar-refractivity contribution in [1.29, 1.82) is 0 Å². The van der Waals surface area contributed by atoms with E-state index in [2.05, 4.69) is 11.3 Å². The maximum Gasteiger partial charge on any atom is 0.421 e. The van der Waals surface area contributed by atoms with E-state index in [9.17, 15) is 30.4 Å². The third-order valence-corrected chi connectivity index (χ3v) is 2.33. The molecule has 0 aromatic heterocycles. The quantitative estimate of drug-likeness (QED) is 0.340. The van der Waals surface area contributed by atoms with Crippen LogP contribution in [0.2, 0.25) is 0 Å². The fourth-order valence-electron chi connectivity index (χ4n) is 0.677. The summed E-state index contributed by atoms with van der Waals surface area (Å²) in [6.45, 7) is 2.74. The van der Waals surface area contributed by atoms with Gasteiger partial charge in [0.1, 0.15) is 0 Å². The predicted octanol–water partition coefficient (Wildman–Crippen LogP) is 0.919. The molecule has 0 aromatic rings. The van der Waals surface area contributed by atoms with Crippen molar-refractivity contribution in [1.82, 2.24) is 0 Å². The van der Waals surface area contributed by atoms with Gasteiger partial charge in [-0.1, -0.05) is 6.58 Å². The summed E-state index contributed by atoms with van der Waals surface area (Å²) in [7, 11) is -6.36.